The predicted molar refractivity (Wildman–Crippen MR) is 73.1 cm³/mol. The SMILES string of the molecule is CC/C=C\OC/C=N/N=C1\NC(=O)C(CC(=O)O)S1. The number of rotatable bonds is 7. The number of hydrogen-bond donors (Lipinski definition) is 2. The van der Waals surface area contributed by atoms with E-state index in [9.17, 15) is 9.59 Å². The van der Waals surface area contributed by atoms with Crippen LogP contribution in [0.15, 0.2) is 22.5 Å². The number of amides is 1. The van der Waals surface area contributed by atoms with E-state index in [0.29, 0.717) is 5.17 Å². The zero-order valence-electron chi connectivity index (χ0n) is 10.4. The molecule has 7 nitrogen and oxygen atoms in total. The molecule has 0 radical (unpaired) electrons. The van der Waals surface area contributed by atoms with E-state index in [2.05, 4.69) is 15.5 Å². The zero-order valence-corrected chi connectivity index (χ0v) is 11.2. The van der Waals surface area contributed by atoms with Gasteiger partial charge in [-0.2, -0.15) is 5.10 Å². The van der Waals surface area contributed by atoms with Crippen LogP contribution in [-0.2, 0) is 14.3 Å². The zero-order chi connectivity index (χ0) is 14.1. The largest absolute Gasteiger partial charge is 0.496 e. The molecular weight excluding hydrogens is 270 g/mol. The Labute approximate surface area is 114 Å². The molecule has 1 unspecified atom stereocenters. The minimum absolute atomic E-state index is 0.232. The highest BCUT2D eigenvalue weighted by molar-refractivity contribution is 8.15. The molecule has 1 heterocycles. The van der Waals surface area contributed by atoms with Gasteiger partial charge in [0.25, 0.3) is 0 Å². The van der Waals surface area contributed by atoms with Crippen molar-refractivity contribution in [3.63, 3.8) is 0 Å². The van der Waals surface area contributed by atoms with Crippen LogP contribution in [0.25, 0.3) is 0 Å². The van der Waals surface area contributed by atoms with Gasteiger partial charge in [0.2, 0.25) is 5.91 Å². The minimum Gasteiger partial charge on any atom is -0.496 e. The average Bonchev–Trinajstić information content (AvgIpc) is 2.68. The van der Waals surface area contributed by atoms with Gasteiger partial charge in [-0.3, -0.25) is 9.59 Å². The molecule has 19 heavy (non-hydrogen) atoms. The van der Waals surface area contributed by atoms with Crippen LogP contribution in [0.2, 0.25) is 0 Å². The molecule has 1 aliphatic heterocycles. The Morgan fingerprint density at radius 2 is 2.42 bits per heavy atom. The molecule has 0 aliphatic carbocycles. The summed E-state index contributed by atoms with van der Waals surface area (Å²) in [6.45, 7) is 2.28. The fraction of sp³-hybridized carbons (Fsp3) is 0.455. The number of ether oxygens (including phenoxy) is 1. The summed E-state index contributed by atoms with van der Waals surface area (Å²) < 4.78 is 5.06. The Morgan fingerprint density at radius 1 is 1.63 bits per heavy atom. The third-order valence-electron chi connectivity index (χ3n) is 1.97. The van der Waals surface area contributed by atoms with Gasteiger partial charge in [0.05, 0.1) is 18.9 Å². The quantitative estimate of drug-likeness (QED) is 0.314. The Bertz CT molecular complexity index is 420. The fourth-order valence-electron chi connectivity index (χ4n) is 1.13. The van der Waals surface area contributed by atoms with Gasteiger partial charge in [-0.25, -0.2) is 0 Å². The summed E-state index contributed by atoms with van der Waals surface area (Å²) in [5, 5.41) is 18.2. The molecule has 0 spiro atoms. The molecule has 0 aromatic heterocycles. The van der Waals surface area contributed by atoms with Crippen LogP contribution in [0.1, 0.15) is 19.8 Å². The van der Waals surface area contributed by atoms with Gasteiger partial charge >= 0.3 is 5.97 Å². The molecule has 1 rings (SSSR count). The van der Waals surface area contributed by atoms with E-state index >= 15 is 0 Å². The standard InChI is InChI=1S/C11H15N3O4S/c1-2-3-5-18-6-4-12-14-11-13-10(17)8(19-11)7-9(15)16/h3-5,8H,2,6-7H2,1H3,(H,15,16)(H,13,14,17)/b5-3-,12-4+. The topological polar surface area (TPSA) is 100 Å². The number of nitrogens with one attached hydrogen (secondary N) is 1. The van der Waals surface area contributed by atoms with E-state index in [1.807, 2.05) is 13.0 Å². The van der Waals surface area contributed by atoms with Crippen molar-refractivity contribution in [2.75, 3.05) is 6.61 Å². The number of carboxylic acids is 1. The Balaban J connectivity index is 2.34. The summed E-state index contributed by atoms with van der Waals surface area (Å²) in [5.74, 6) is -1.38. The Hall–Kier alpha value is -1.83. The van der Waals surface area contributed by atoms with Crippen molar-refractivity contribution in [2.24, 2.45) is 10.2 Å². The lowest BCUT2D eigenvalue weighted by atomic mass is 10.3. The van der Waals surface area contributed by atoms with Crippen LogP contribution in [0, 0.1) is 0 Å². The third-order valence-corrected chi connectivity index (χ3v) is 3.04. The second-order valence-electron chi connectivity index (χ2n) is 3.51. The van der Waals surface area contributed by atoms with Crippen molar-refractivity contribution in [2.45, 2.75) is 25.0 Å². The highest BCUT2D eigenvalue weighted by atomic mass is 32.2. The molecule has 2 N–H and O–H groups in total. The number of nitrogens with zero attached hydrogens (tertiary/aromatic N) is 2. The fourth-order valence-corrected chi connectivity index (χ4v) is 2.05. The lowest BCUT2D eigenvalue weighted by molar-refractivity contribution is -0.138. The van der Waals surface area contributed by atoms with E-state index in [4.69, 9.17) is 9.84 Å². The summed E-state index contributed by atoms with van der Waals surface area (Å²) in [7, 11) is 0. The number of carbonyl (C=O) groups is 2. The maximum atomic E-state index is 11.4. The molecule has 1 amide bonds. The van der Waals surface area contributed by atoms with Crippen molar-refractivity contribution in [1.29, 1.82) is 0 Å². The van der Waals surface area contributed by atoms with Gasteiger partial charge < -0.3 is 15.2 Å². The number of allylic oxidation sites excluding steroid dienone is 1. The number of thioether (sulfide) groups is 1. The number of amidine groups is 1. The average molecular weight is 285 g/mol. The molecule has 0 aromatic carbocycles. The van der Waals surface area contributed by atoms with Crippen LogP contribution in [0.4, 0.5) is 0 Å². The van der Waals surface area contributed by atoms with Crippen molar-refractivity contribution in [1.82, 2.24) is 5.32 Å². The van der Waals surface area contributed by atoms with Crippen LogP contribution < -0.4 is 5.32 Å². The number of aliphatic carboxylic acids is 1. The molecule has 1 aliphatic rings. The second-order valence-corrected chi connectivity index (χ2v) is 4.70. The van der Waals surface area contributed by atoms with Crippen LogP contribution in [-0.4, -0.2) is 40.2 Å². The van der Waals surface area contributed by atoms with E-state index in [-0.39, 0.29) is 18.9 Å². The number of hydrogen-bond acceptors (Lipinski definition) is 6. The lowest BCUT2D eigenvalue weighted by Gasteiger charge is -1.97. The summed E-state index contributed by atoms with van der Waals surface area (Å²) in [6.07, 6.45) is 5.55. The minimum atomic E-state index is -1.02. The smallest absolute Gasteiger partial charge is 0.305 e. The maximum Gasteiger partial charge on any atom is 0.305 e. The van der Waals surface area contributed by atoms with Crippen molar-refractivity contribution >= 4 is 35.0 Å². The Morgan fingerprint density at radius 3 is 3.11 bits per heavy atom. The van der Waals surface area contributed by atoms with Crippen molar-refractivity contribution < 1.29 is 19.4 Å². The van der Waals surface area contributed by atoms with Gasteiger partial charge in [0, 0.05) is 0 Å². The molecule has 104 valence electrons. The highest BCUT2D eigenvalue weighted by Crippen LogP contribution is 2.22. The maximum absolute atomic E-state index is 11.4. The highest BCUT2D eigenvalue weighted by Gasteiger charge is 2.32. The van der Waals surface area contributed by atoms with Crippen LogP contribution >= 0.6 is 11.8 Å². The second kappa shape index (κ2) is 8.30. The van der Waals surface area contributed by atoms with Crippen molar-refractivity contribution in [3.05, 3.63) is 12.3 Å². The van der Waals surface area contributed by atoms with Gasteiger partial charge in [-0.05, 0) is 6.42 Å². The van der Waals surface area contributed by atoms with E-state index < -0.39 is 11.2 Å². The molecule has 8 heteroatoms. The first-order chi connectivity index (χ1) is 9.13. The molecule has 0 bridgehead atoms. The summed E-state index contributed by atoms with van der Waals surface area (Å²) in [5.41, 5.74) is 0. The monoisotopic (exact) mass is 285 g/mol. The van der Waals surface area contributed by atoms with Crippen molar-refractivity contribution in [3.8, 4) is 0 Å². The normalized spacial score (nSPS) is 21.4. The number of carbonyl (C=O) groups excluding carboxylic acids is 1. The first kappa shape index (κ1) is 15.2. The molecule has 0 saturated carbocycles. The summed E-state index contributed by atoms with van der Waals surface area (Å²) in [4.78, 5) is 21.9. The molecule has 0 aromatic rings. The van der Waals surface area contributed by atoms with E-state index in [1.165, 1.54) is 6.21 Å². The molecule has 1 atom stereocenters. The van der Waals surface area contributed by atoms with Gasteiger partial charge in [-0.1, -0.05) is 24.8 Å². The van der Waals surface area contributed by atoms with Gasteiger partial charge in [0.1, 0.15) is 11.9 Å². The lowest BCUT2D eigenvalue weighted by Crippen LogP contribution is -2.26. The third kappa shape index (κ3) is 6.05. The first-order valence-corrected chi connectivity index (χ1v) is 6.56. The van der Waals surface area contributed by atoms with Crippen LogP contribution in [0.5, 0.6) is 0 Å². The molecule has 1 fully saturated rings. The Kier molecular flexibility index (Phi) is 6.65. The van der Waals surface area contributed by atoms with Crippen LogP contribution in [0.3, 0.4) is 0 Å². The molecular formula is C11H15N3O4S. The summed E-state index contributed by atoms with van der Waals surface area (Å²) in [6, 6.07) is 0. The van der Waals surface area contributed by atoms with E-state index in [0.717, 1.165) is 18.2 Å². The van der Waals surface area contributed by atoms with Gasteiger partial charge in [0.15, 0.2) is 5.17 Å². The van der Waals surface area contributed by atoms with E-state index in [1.54, 1.807) is 6.26 Å². The number of carboxylic acid groups (broad SMARTS) is 1. The summed E-state index contributed by atoms with van der Waals surface area (Å²) >= 11 is 1.06. The predicted octanol–water partition coefficient (Wildman–Crippen LogP) is 0.975. The first-order valence-electron chi connectivity index (χ1n) is 5.69. The van der Waals surface area contributed by atoms with Gasteiger partial charge in [-0.15, -0.1) is 5.10 Å². The molecule has 1 saturated heterocycles.